The summed E-state index contributed by atoms with van der Waals surface area (Å²) in [6, 6.07) is 76.0. The minimum Gasteiger partial charge on any atom is -0.456 e. The minimum absolute atomic E-state index is 0.260. The molecular weight excluding hydrogens is 769 g/mol. The number of para-hydroxylation sites is 5. The topological polar surface area (TPSA) is 47.4 Å². The fourth-order valence-corrected chi connectivity index (χ4v) is 9.80. The van der Waals surface area contributed by atoms with Crippen LogP contribution >= 0.6 is 0 Å². The second kappa shape index (κ2) is 14.1. The van der Waals surface area contributed by atoms with Crippen molar-refractivity contribution in [3.63, 3.8) is 0 Å². The number of benzene rings is 9. The highest BCUT2D eigenvalue weighted by Gasteiger charge is 2.22. The third-order valence-corrected chi connectivity index (χ3v) is 12.7. The van der Waals surface area contributed by atoms with Gasteiger partial charge in [0, 0.05) is 55.0 Å². The van der Waals surface area contributed by atoms with E-state index in [0.29, 0.717) is 0 Å². The second-order valence-electron chi connectivity index (χ2n) is 16.4. The predicted molar refractivity (Wildman–Crippen MR) is 261 cm³/mol. The van der Waals surface area contributed by atoms with Crippen LogP contribution in [0.5, 0.6) is 0 Å². The van der Waals surface area contributed by atoms with E-state index in [1.54, 1.807) is 0 Å². The van der Waals surface area contributed by atoms with Crippen LogP contribution in [0.1, 0.15) is 22.9 Å². The molecule has 0 radical (unpaired) electrons. The first kappa shape index (κ1) is 35.4. The summed E-state index contributed by atoms with van der Waals surface area (Å²) in [4.78, 5) is 5.26. The quantitative estimate of drug-likeness (QED) is 0.182. The van der Waals surface area contributed by atoms with Gasteiger partial charge in [-0.05, 0) is 89.0 Å². The van der Waals surface area contributed by atoms with Gasteiger partial charge in [0.2, 0.25) is 0 Å². The summed E-state index contributed by atoms with van der Waals surface area (Å²) in [7, 11) is 0. The van der Waals surface area contributed by atoms with Crippen LogP contribution in [0.4, 0.5) is 0 Å². The molecule has 1 N–H and O–H groups in total. The molecule has 296 valence electrons. The number of allylic oxidation sites excluding steroid dienone is 1. The molecule has 5 nitrogen and oxygen atoms in total. The molecule has 3 aromatic heterocycles. The van der Waals surface area contributed by atoms with Gasteiger partial charge in [0.15, 0.2) is 0 Å². The number of nitrogens with zero attached hydrogens (tertiary/aromatic N) is 3. The van der Waals surface area contributed by atoms with Crippen LogP contribution in [0.15, 0.2) is 228 Å². The first-order valence-corrected chi connectivity index (χ1v) is 21.5. The van der Waals surface area contributed by atoms with Gasteiger partial charge in [0.25, 0.3) is 0 Å². The smallest absolute Gasteiger partial charge is 0.145 e. The van der Waals surface area contributed by atoms with Gasteiger partial charge in [-0.15, -0.1) is 0 Å². The second-order valence-corrected chi connectivity index (χ2v) is 16.4. The van der Waals surface area contributed by atoms with Crippen LogP contribution < -0.4 is 5.32 Å². The summed E-state index contributed by atoms with van der Waals surface area (Å²) in [5, 5.41) is 11.0. The van der Waals surface area contributed by atoms with Crippen LogP contribution in [-0.2, 0) is 0 Å². The van der Waals surface area contributed by atoms with Crippen molar-refractivity contribution in [3.8, 4) is 22.5 Å². The Bertz CT molecular complexity index is 3590. The van der Waals surface area contributed by atoms with Gasteiger partial charge in [-0.25, -0.2) is 0 Å². The van der Waals surface area contributed by atoms with E-state index >= 15 is 0 Å². The number of hydrogen-bond donors (Lipinski definition) is 1. The maximum Gasteiger partial charge on any atom is 0.145 e. The largest absolute Gasteiger partial charge is 0.456 e. The number of aliphatic imine (C=N–C) groups is 1. The molecule has 12 aromatic rings. The fourth-order valence-electron chi connectivity index (χ4n) is 9.80. The van der Waals surface area contributed by atoms with Gasteiger partial charge in [-0.1, -0.05) is 152 Å². The average Bonchev–Trinajstić information content (AvgIpc) is 4.02. The Morgan fingerprint density at radius 3 is 1.44 bits per heavy atom. The molecule has 13 rings (SSSR count). The molecule has 0 aliphatic carbocycles. The number of fused-ring (bicyclic) bond motifs is 9. The number of furan rings is 1. The highest BCUT2D eigenvalue weighted by atomic mass is 16.3. The fraction of sp³-hybridized carbons (Fsp3) is 0.0172. The van der Waals surface area contributed by atoms with Crippen LogP contribution in [-0.4, -0.2) is 14.8 Å². The number of aromatic nitrogens is 2. The van der Waals surface area contributed by atoms with Crippen molar-refractivity contribution >= 4 is 77.0 Å². The number of rotatable bonds is 6. The monoisotopic (exact) mass is 806 g/mol. The molecule has 0 saturated carbocycles. The maximum atomic E-state index is 6.32. The lowest BCUT2D eigenvalue weighted by atomic mass is 9.98. The van der Waals surface area contributed by atoms with Gasteiger partial charge < -0.3 is 18.9 Å². The molecule has 0 spiro atoms. The first-order valence-electron chi connectivity index (χ1n) is 21.5. The van der Waals surface area contributed by atoms with Gasteiger partial charge in [-0.2, -0.15) is 0 Å². The van der Waals surface area contributed by atoms with Crippen molar-refractivity contribution in [1.82, 2.24) is 14.5 Å². The van der Waals surface area contributed by atoms with E-state index in [-0.39, 0.29) is 6.17 Å². The molecule has 1 unspecified atom stereocenters. The molecule has 4 heterocycles. The lowest BCUT2D eigenvalue weighted by Crippen LogP contribution is -2.24. The molecule has 0 bridgehead atoms. The molecule has 1 aliphatic heterocycles. The van der Waals surface area contributed by atoms with E-state index in [1.165, 1.54) is 43.6 Å². The Morgan fingerprint density at radius 1 is 0.381 bits per heavy atom. The van der Waals surface area contributed by atoms with E-state index in [1.807, 2.05) is 18.2 Å². The lowest BCUT2D eigenvalue weighted by molar-refractivity contribution is 0.663. The highest BCUT2D eigenvalue weighted by molar-refractivity contribution is 6.16. The summed E-state index contributed by atoms with van der Waals surface area (Å²) in [6.45, 7) is 0. The van der Waals surface area contributed by atoms with Crippen LogP contribution in [0, 0.1) is 0 Å². The normalized spacial score (nSPS) is 14.2. The Hall–Kier alpha value is -8.41. The van der Waals surface area contributed by atoms with Gasteiger partial charge in [-0.3, -0.25) is 4.99 Å². The molecule has 5 heteroatoms. The molecule has 0 amide bonds. The highest BCUT2D eigenvalue weighted by Crippen LogP contribution is 2.39. The average molecular weight is 807 g/mol. The van der Waals surface area contributed by atoms with Crippen LogP contribution in [0.3, 0.4) is 0 Å². The Kier molecular flexibility index (Phi) is 7.90. The van der Waals surface area contributed by atoms with Crippen molar-refractivity contribution in [2.45, 2.75) is 6.17 Å². The third kappa shape index (κ3) is 5.74. The van der Waals surface area contributed by atoms with Gasteiger partial charge >= 0.3 is 0 Å². The van der Waals surface area contributed by atoms with Crippen molar-refractivity contribution < 1.29 is 4.42 Å². The van der Waals surface area contributed by atoms with Gasteiger partial charge in [0.1, 0.15) is 17.3 Å². The number of hydrogen-bond acceptors (Lipinski definition) is 3. The van der Waals surface area contributed by atoms with E-state index < -0.39 is 0 Å². The lowest BCUT2D eigenvalue weighted by Gasteiger charge is -2.25. The van der Waals surface area contributed by atoms with Crippen molar-refractivity contribution in [1.29, 1.82) is 0 Å². The van der Waals surface area contributed by atoms with Crippen LogP contribution in [0.25, 0.3) is 93.7 Å². The molecule has 1 atom stereocenters. The third-order valence-electron chi connectivity index (χ3n) is 12.7. The molecule has 63 heavy (non-hydrogen) atoms. The van der Waals surface area contributed by atoms with E-state index in [2.05, 4.69) is 215 Å². The summed E-state index contributed by atoms with van der Waals surface area (Å²) in [6.07, 6.45) is 1.91. The van der Waals surface area contributed by atoms with E-state index in [0.717, 1.165) is 72.5 Å². The maximum absolute atomic E-state index is 6.32. The van der Waals surface area contributed by atoms with Crippen molar-refractivity contribution in [3.05, 3.63) is 235 Å². The zero-order chi connectivity index (χ0) is 41.4. The predicted octanol–water partition coefficient (Wildman–Crippen LogP) is 14.6. The van der Waals surface area contributed by atoms with Crippen molar-refractivity contribution in [2.24, 2.45) is 4.99 Å². The van der Waals surface area contributed by atoms with Crippen molar-refractivity contribution in [2.75, 3.05) is 0 Å². The van der Waals surface area contributed by atoms with E-state index in [4.69, 9.17) is 9.41 Å². The molecule has 9 aromatic carbocycles. The Labute approximate surface area is 363 Å². The summed E-state index contributed by atoms with van der Waals surface area (Å²) in [5.74, 6) is 0. The molecular formula is C58H38N4O. The zero-order valence-corrected chi connectivity index (χ0v) is 34.1. The minimum atomic E-state index is -0.260. The van der Waals surface area contributed by atoms with E-state index in [9.17, 15) is 0 Å². The standard InChI is InChI=1S/C58H38N4O/c1-2-14-39(15-3-1)58-59-50(36-51(60-58)40-30-31-49-48-20-8-13-25-56(48)63-57(49)34-40)38-28-26-37(27-29-38)41-32-42(61-52-21-9-4-16-44(52)45-17-5-10-22-53(45)61)35-43(33-41)62-54-23-11-6-18-46(54)47-19-7-12-24-55(47)62/h1-36,58-59H. The zero-order valence-electron chi connectivity index (χ0n) is 34.1. The first-order chi connectivity index (χ1) is 31.2. The number of nitrogens with one attached hydrogen (secondary N) is 1. The Balaban J connectivity index is 0.959. The van der Waals surface area contributed by atoms with Gasteiger partial charge in [0.05, 0.1) is 27.8 Å². The molecule has 1 aliphatic rings. The van der Waals surface area contributed by atoms with Crippen LogP contribution in [0.2, 0.25) is 0 Å². The summed E-state index contributed by atoms with van der Waals surface area (Å²) < 4.78 is 11.2. The molecule has 0 saturated heterocycles. The SMILES string of the molecule is C1=C(c2ccc(-c3cc(-n4c5ccccc5c5ccccc54)cc(-n4c5ccccc5c5ccccc54)c3)cc2)NC(c2ccccc2)N=C1c1ccc2c(c1)oc1ccccc12. The summed E-state index contributed by atoms with van der Waals surface area (Å²) >= 11 is 0. The molecule has 0 fully saturated rings. The summed E-state index contributed by atoms with van der Waals surface area (Å²) in [5.41, 5.74) is 16.0. The Morgan fingerprint density at radius 2 is 0.857 bits per heavy atom.